The minimum Gasteiger partial charge on any atom is -0.0654 e. The lowest BCUT2D eigenvalue weighted by Crippen LogP contribution is -1.94. The number of rotatable bonds is 30. The summed E-state index contributed by atoms with van der Waals surface area (Å²) in [5.41, 5.74) is 4.71. The van der Waals surface area contributed by atoms with Crippen LogP contribution in [-0.2, 0) is 12.8 Å². The molecule has 0 nitrogen and oxygen atoms in total. The minimum absolute atomic E-state index is 1.28. The first-order valence-corrected chi connectivity index (χ1v) is 18.4. The predicted molar refractivity (Wildman–Crippen MR) is 179 cm³/mol. The van der Waals surface area contributed by atoms with E-state index in [0.29, 0.717) is 0 Å². The van der Waals surface area contributed by atoms with E-state index in [4.69, 9.17) is 0 Å². The van der Waals surface area contributed by atoms with E-state index in [0.717, 1.165) is 0 Å². The topological polar surface area (TPSA) is 0 Å². The van der Waals surface area contributed by atoms with E-state index in [-0.39, 0.29) is 0 Å². The highest BCUT2D eigenvalue weighted by atomic mass is 14.1. The van der Waals surface area contributed by atoms with E-state index < -0.39 is 0 Å². The molecule has 39 heavy (non-hydrogen) atoms. The van der Waals surface area contributed by atoms with Crippen LogP contribution in [0.3, 0.4) is 0 Å². The molecule has 0 unspecified atom stereocenters. The van der Waals surface area contributed by atoms with Crippen LogP contribution < -0.4 is 0 Å². The highest BCUT2D eigenvalue weighted by molar-refractivity contribution is 5.31. The molecule has 0 heteroatoms. The Morgan fingerprint density at radius 1 is 0.359 bits per heavy atom. The summed E-state index contributed by atoms with van der Waals surface area (Å²) in [5, 5.41) is 0. The van der Waals surface area contributed by atoms with Gasteiger partial charge in [0, 0.05) is 0 Å². The summed E-state index contributed by atoms with van der Waals surface area (Å²) in [7, 11) is 0. The van der Waals surface area contributed by atoms with Crippen molar-refractivity contribution in [3.63, 3.8) is 0 Å². The Balaban J connectivity index is 1.95. The van der Waals surface area contributed by atoms with Gasteiger partial charge in [0.05, 0.1) is 0 Å². The van der Waals surface area contributed by atoms with E-state index in [1.807, 2.05) is 0 Å². The summed E-state index contributed by atoms with van der Waals surface area (Å²) in [6.45, 7) is 6.93. The Labute approximate surface area is 247 Å². The molecule has 0 spiro atoms. The van der Waals surface area contributed by atoms with Gasteiger partial charge in [0.25, 0.3) is 0 Å². The normalized spacial score (nSPS) is 11.5. The first kappa shape index (κ1) is 36.2. The average molecular weight is 541 g/mol. The number of aryl methyl sites for hydroxylation is 3. The van der Waals surface area contributed by atoms with Crippen molar-refractivity contribution in [1.29, 1.82) is 0 Å². The van der Waals surface area contributed by atoms with E-state index in [1.165, 1.54) is 198 Å². The monoisotopic (exact) mass is 541 g/mol. The largest absolute Gasteiger partial charge is 0.0654 e. The lowest BCUT2D eigenvalue weighted by Gasteiger charge is -2.10. The SMILES string of the molecule is CCCCCCCCCCCCCCCCc1ccc(C)c(CCCCCCCCCCCCCCCC)c1. The molecule has 0 aromatic heterocycles. The molecule has 0 amide bonds. The number of hydrogen-bond acceptors (Lipinski definition) is 0. The van der Waals surface area contributed by atoms with Crippen LogP contribution >= 0.6 is 0 Å². The summed E-state index contributed by atoms with van der Waals surface area (Å²) < 4.78 is 0. The maximum Gasteiger partial charge on any atom is -0.0276 e. The third-order valence-corrected chi connectivity index (χ3v) is 9.03. The standard InChI is InChI=1S/C39H72/c1-4-6-8-10-12-14-16-18-20-22-24-26-28-30-32-38-35-34-37(3)39(36-38)33-31-29-27-25-23-21-19-17-15-13-11-9-7-5-2/h34-36H,4-33H2,1-3H3. The van der Waals surface area contributed by atoms with Crippen LogP contribution in [-0.4, -0.2) is 0 Å². The molecule has 1 aromatic carbocycles. The van der Waals surface area contributed by atoms with E-state index in [1.54, 1.807) is 11.1 Å². The molecule has 0 bridgehead atoms. The van der Waals surface area contributed by atoms with Gasteiger partial charge in [-0.05, 0) is 49.3 Å². The van der Waals surface area contributed by atoms with E-state index in [9.17, 15) is 0 Å². The second-order valence-corrected chi connectivity index (χ2v) is 13.0. The molecule has 0 saturated heterocycles. The Bertz CT molecular complexity index is 614. The Kier molecular flexibility index (Phi) is 26.7. The van der Waals surface area contributed by atoms with Crippen LogP contribution in [0.2, 0.25) is 0 Å². The third-order valence-electron chi connectivity index (χ3n) is 9.03. The van der Waals surface area contributed by atoms with Crippen LogP contribution in [0.25, 0.3) is 0 Å². The van der Waals surface area contributed by atoms with E-state index in [2.05, 4.69) is 39.0 Å². The molecule has 0 saturated carbocycles. The third kappa shape index (κ3) is 23.6. The number of benzene rings is 1. The molecule has 0 N–H and O–H groups in total. The van der Waals surface area contributed by atoms with Crippen LogP contribution in [0.15, 0.2) is 18.2 Å². The van der Waals surface area contributed by atoms with Gasteiger partial charge in [0.15, 0.2) is 0 Å². The number of hydrogen-bond donors (Lipinski definition) is 0. The molecular formula is C39H72. The molecule has 1 rings (SSSR count). The summed E-state index contributed by atoms with van der Waals surface area (Å²) in [6, 6.07) is 7.32. The van der Waals surface area contributed by atoms with Gasteiger partial charge in [0.1, 0.15) is 0 Å². The second kappa shape index (κ2) is 28.7. The van der Waals surface area contributed by atoms with Crippen LogP contribution in [0, 0.1) is 6.92 Å². The van der Waals surface area contributed by atoms with Crippen molar-refractivity contribution in [2.24, 2.45) is 0 Å². The van der Waals surface area contributed by atoms with Crippen molar-refractivity contribution >= 4 is 0 Å². The quantitative estimate of drug-likeness (QED) is 0.0851. The Morgan fingerprint density at radius 2 is 0.667 bits per heavy atom. The van der Waals surface area contributed by atoms with Gasteiger partial charge in [-0.2, -0.15) is 0 Å². The predicted octanol–water partition coefficient (Wildman–Crippen LogP) is 14.0. The van der Waals surface area contributed by atoms with E-state index >= 15 is 0 Å². The second-order valence-electron chi connectivity index (χ2n) is 13.0. The highest BCUT2D eigenvalue weighted by Crippen LogP contribution is 2.19. The van der Waals surface area contributed by atoms with Crippen molar-refractivity contribution < 1.29 is 0 Å². The van der Waals surface area contributed by atoms with Crippen molar-refractivity contribution in [2.45, 2.75) is 213 Å². The fraction of sp³-hybridized carbons (Fsp3) is 0.846. The van der Waals surface area contributed by atoms with Gasteiger partial charge >= 0.3 is 0 Å². The lowest BCUT2D eigenvalue weighted by atomic mass is 9.96. The smallest absolute Gasteiger partial charge is 0.0276 e. The maximum absolute atomic E-state index is 2.54. The summed E-state index contributed by atoms with van der Waals surface area (Å²) >= 11 is 0. The lowest BCUT2D eigenvalue weighted by molar-refractivity contribution is 0.535. The number of unbranched alkanes of at least 4 members (excludes halogenated alkanes) is 26. The van der Waals surface area contributed by atoms with Crippen molar-refractivity contribution in [1.82, 2.24) is 0 Å². The van der Waals surface area contributed by atoms with Gasteiger partial charge in [-0.25, -0.2) is 0 Å². The minimum atomic E-state index is 1.28. The summed E-state index contributed by atoms with van der Waals surface area (Å²) in [4.78, 5) is 0. The van der Waals surface area contributed by atoms with Gasteiger partial charge in [-0.15, -0.1) is 0 Å². The molecule has 1 aromatic rings. The zero-order valence-electron chi connectivity index (χ0n) is 27.4. The zero-order chi connectivity index (χ0) is 28.1. The summed E-state index contributed by atoms with van der Waals surface area (Å²) in [5.74, 6) is 0. The average Bonchev–Trinajstić information content (AvgIpc) is 2.94. The van der Waals surface area contributed by atoms with Gasteiger partial charge in [-0.1, -0.05) is 199 Å². The first-order chi connectivity index (χ1) is 19.3. The summed E-state index contributed by atoms with van der Waals surface area (Å²) in [6.07, 6.45) is 43.0. The zero-order valence-corrected chi connectivity index (χ0v) is 27.4. The molecule has 0 heterocycles. The van der Waals surface area contributed by atoms with Crippen molar-refractivity contribution in [3.05, 3.63) is 34.9 Å². The Morgan fingerprint density at radius 3 is 1.03 bits per heavy atom. The molecule has 0 radical (unpaired) electrons. The molecule has 0 aliphatic heterocycles. The fourth-order valence-electron chi connectivity index (χ4n) is 6.18. The molecule has 228 valence electrons. The maximum atomic E-state index is 2.54. The van der Waals surface area contributed by atoms with Crippen molar-refractivity contribution in [2.75, 3.05) is 0 Å². The van der Waals surface area contributed by atoms with Gasteiger partial charge in [0.2, 0.25) is 0 Å². The molecule has 0 atom stereocenters. The first-order valence-electron chi connectivity index (χ1n) is 18.4. The van der Waals surface area contributed by atoms with Crippen LogP contribution in [0.5, 0.6) is 0 Å². The Hall–Kier alpha value is -0.780. The van der Waals surface area contributed by atoms with Crippen LogP contribution in [0.4, 0.5) is 0 Å². The fourth-order valence-corrected chi connectivity index (χ4v) is 6.18. The van der Waals surface area contributed by atoms with Crippen molar-refractivity contribution in [3.8, 4) is 0 Å². The van der Waals surface area contributed by atoms with Gasteiger partial charge in [-0.3, -0.25) is 0 Å². The van der Waals surface area contributed by atoms with Gasteiger partial charge < -0.3 is 0 Å². The molecule has 0 aliphatic carbocycles. The van der Waals surface area contributed by atoms with Crippen LogP contribution in [0.1, 0.15) is 210 Å². The molecule has 0 fully saturated rings. The molecular weight excluding hydrogens is 468 g/mol. The molecule has 0 aliphatic rings. The highest BCUT2D eigenvalue weighted by Gasteiger charge is 2.02.